The summed E-state index contributed by atoms with van der Waals surface area (Å²) >= 11 is 0. The Balaban J connectivity index is 0.739. The molecule has 4 rings (SSSR count). The average Bonchev–Trinajstić information content (AvgIpc) is 1.69. The second-order valence-corrected chi connectivity index (χ2v) is 27.5. The number of hydrogen-bond acceptors (Lipinski definition) is 27. The fourth-order valence-electron chi connectivity index (χ4n) is 14.2. The van der Waals surface area contributed by atoms with E-state index in [9.17, 15) is 9.59 Å². The monoisotopic (exact) mass is 1510 g/mol. The number of terminal acetylenes is 1. The fourth-order valence-corrected chi connectivity index (χ4v) is 14.2. The number of allylic oxidation sites excluding steroid dienone is 1. The third-order valence-electron chi connectivity index (χ3n) is 19.6. The van der Waals surface area contributed by atoms with E-state index in [1.165, 1.54) is 56.9 Å². The molecule has 0 saturated heterocycles. The lowest BCUT2D eigenvalue weighted by atomic mass is 9.47. The second-order valence-electron chi connectivity index (χ2n) is 27.5. The highest BCUT2D eigenvalue weighted by Gasteiger charge is 2.59. The van der Waals surface area contributed by atoms with E-state index < -0.39 is 5.97 Å². The van der Waals surface area contributed by atoms with Crippen molar-refractivity contribution in [1.82, 2.24) is 0 Å². The summed E-state index contributed by atoms with van der Waals surface area (Å²) in [6.07, 6.45) is 21.0. The number of hydrogen-bond donors (Lipinski definition) is 0. The lowest BCUT2D eigenvalue weighted by Gasteiger charge is -2.58. The van der Waals surface area contributed by atoms with E-state index in [-0.39, 0.29) is 50.2 Å². The molecule has 0 amide bonds. The predicted octanol–water partition coefficient (Wildman–Crippen LogP) is 8.19. The van der Waals surface area contributed by atoms with Crippen molar-refractivity contribution < 1.29 is 128 Å². The van der Waals surface area contributed by atoms with Gasteiger partial charge in [-0.3, -0.25) is 9.59 Å². The smallest absolute Gasteiger partial charge is 0.306 e. The topological polar surface area (TPSA) is 265 Å². The number of carbonyl (C=O) groups is 2. The summed E-state index contributed by atoms with van der Waals surface area (Å²) in [6.45, 7) is 32.3. The van der Waals surface area contributed by atoms with Gasteiger partial charge < -0.3 is 109 Å². The first kappa shape index (κ1) is 94.7. The Morgan fingerprint density at radius 2 is 0.733 bits per heavy atom. The van der Waals surface area contributed by atoms with Crippen LogP contribution >= 0.6 is 0 Å². The lowest BCUT2D eigenvalue weighted by molar-refractivity contribution is -0.289. The molecule has 0 spiro atoms. The van der Waals surface area contributed by atoms with E-state index in [1.54, 1.807) is 0 Å². The van der Waals surface area contributed by atoms with Crippen LogP contribution in [0.2, 0.25) is 0 Å². The normalized spacial score (nSPS) is 21.0. The van der Waals surface area contributed by atoms with Crippen molar-refractivity contribution in [3.05, 3.63) is 11.6 Å². The summed E-state index contributed by atoms with van der Waals surface area (Å²) < 4.78 is 127. The van der Waals surface area contributed by atoms with Crippen LogP contribution in [-0.2, 0) is 128 Å². The van der Waals surface area contributed by atoms with E-state index in [4.69, 9.17) is 120 Å². The quantitative estimate of drug-likeness (QED) is 0.0139. The Morgan fingerprint density at radius 3 is 1.08 bits per heavy atom. The number of esters is 2. The van der Waals surface area contributed by atoms with Crippen LogP contribution in [0, 0.1) is 58.7 Å². The maximum Gasteiger partial charge on any atom is 0.306 e. The third-order valence-corrected chi connectivity index (χ3v) is 19.6. The molecule has 27 heteroatoms. The first-order chi connectivity index (χ1) is 51.6. The van der Waals surface area contributed by atoms with Crippen LogP contribution in [0.25, 0.3) is 0 Å². The minimum atomic E-state index is -0.426. The SMILES string of the molecule is C#CCOOCCOCCOCCOCCOCCOCCOCCOCCOCCOCCOCCOCCOCCOCCOCCOCCOCCOCCOCCOCCOCCOCCOC(=O)CCC(=O)O[C@H]1CC[C@@]2(C)C(=CC[C@H]3[C@@H]4CC[C@H]([C@H](C)CCCC(C)C)[C@@]4(C)CC[C@@H]32)C1. The molecule has 614 valence electrons. The molecule has 0 aromatic rings. The molecule has 105 heavy (non-hydrogen) atoms. The van der Waals surface area contributed by atoms with Gasteiger partial charge in [-0.1, -0.05) is 71.5 Å². The van der Waals surface area contributed by atoms with Gasteiger partial charge in [-0.2, -0.15) is 0 Å². The van der Waals surface area contributed by atoms with Crippen molar-refractivity contribution in [2.24, 2.45) is 46.3 Å². The van der Waals surface area contributed by atoms with Crippen LogP contribution in [0.5, 0.6) is 0 Å². The van der Waals surface area contributed by atoms with Crippen molar-refractivity contribution in [3.8, 4) is 12.3 Å². The second kappa shape index (κ2) is 66.0. The maximum absolute atomic E-state index is 12.9. The first-order valence-corrected chi connectivity index (χ1v) is 39.4. The Bertz CT molecular complexity index is 2090. The van der Waals surface area contributed by atoms with Crippen LogP contribution in [0.1, 0.15) is 118 Å². The maximum atomic E-state index is 12.9. The van der Waals surface area contributed by atoms with Crippen LogP contribution in [-0.4, -0.2) is 315 Å². The van der Waals surface area contributed by atoms with Crippen molar-refractivity contribution in [3.63, 3.8) is 0 Å². The summed E-state index contributed by atoms with van der Waals surface area (Å²) in [4.78, 5) is 34.8. The van der Waals surface area contributed by atoms with Crippen molar-refractivity contribution >= 4 is 11.9 Å². The number of ether oxygens (including phenoxy) is 23. The predicted molar refractivity (Wildman–Crippen MR) is 391 cm³/mol. The summed E-state index contributed by atoms with van der Waals surface area (Å²) in [6, 6.07) is 0. The van der Waals surface area contributed by atoms with E-state index in [1.807, 2.05) is 0 Å². The standard InChI is InChI=1S/C78H140O27/c1-7-21-103-104-65-63-101-61-59-99-57-55-97-53-51-95-49-47-93-45-43-91-41-39-89-37-35-87-33-31-85-29-27-83-25-23-81-22-24-82-26-28-84-30-32-86-34-36-88-38-40-90-42-44-92-46-48-94-50-52-96-54-56-98-58-60-100-62-64-102-75(79)15-16-76(80)105-70-17-19-77(5)69(66-70)11-12-71-73-14-13-72(68(4)10-8-9-67(2)3)78(73,6)20-18-74(71)77/h1,11,67-68,70-74H,8-10,12-66H2,2-6H3/t68-,70+,71+,72-,73+,74+,77+,78-/m1/s1. The molecule has 4 aliphatic rings. The minimum absolute atomic E-state index is 0.00278. The average molecular weight is 1510 g/mol. The molecule has 0 aliphatic heterocycles. The Hall–Kier alpha value is -2.68. The highest BCUT2D eigenvalue weighted by molar-refractivity contribution is 5.77. The van der Waals surface area contributed by atoms with Gasteiger partial charge in [0, 0.05) is 6.42 Å². The van der Waals surface area contributed by atoms with Crippen LogP contribution in [0.4, 0.5) is 0 Å². The lowest BCUT2D eigenvalue weighted by Crippen LogP contribution is -2.51. The molecular formula is C78H140O27. The number of carbonyl (C=O) groups excluding carboxylic acids is 2. The Morgan fingerprint density at radius 1 is 0.400 bits per heavy atom. The molecule has 0 radical (unpaired) electrons. The number of fused-ring (bicyclic) bond motifs is 5. The summed E-state index contributed by atoms with van der Waals surface area (Å²) in [7, 11) is 0. The van der Waals surface area contributed by atoms with Gasteiger partial charge in [-0.25, -0.2) is 9.78 Å². The van der Waals surface area contributed by atoms with Gasteiger partial charge in [0.15, 0.2) is 0 Å². The van der Waals surface area contributed by atoms with Gasteiger partial charge in [-0.15, -0.1) is 6.42 Å². The zero-order chi connectivity index (χ0) is 74.9. The van der Waals surface area contributed by atoms with Crippen LogP contribution in [0.3, 0.4) is 0 Å². The van der Waals surface area contributed by atoms with E-state index in [2.05, 4.69) is 51.5 Å². The highest BCUT2D eigenvalue weighted by Crippen LogP contribution is 2.67. The van der Waals surface area contributed by atoms with E-state index in [0.717, 1.165) is 54.8 Å². The van der Waals surface area contributed by atoms with Crippen molar-refractivity contribution in [1.29, 1.82) is 0 Å². The van der Waals surface area contributed by atoms with E-state index >= 15 is 0 Å². The van der Waals surface area contributed by atoms with E-state index in [0.29, 0.717) is 283 Å². The van der Waals surface area contributed by atoms with Gasteiger partial charge in [0.2, 0.25) is 0 Å². The molecule has 0 heterocycles. The Labute approximate surface area is 629 Å². The molecular weight excluding hydrogens is 1370 g/mol. The highest BCUT2D eigenvalue weighted by atomic mass is 17.2. The summed E-state index contributed by atoms with van der Waals surface area (Å²) in [5, 5.41) is 0. The van der Waals surface area contributed by atoms with Crippen molar-refractivity contribution in [2.75, 3.05) is 297 Å². The van der Waals surface area contributed by atoms with Gasteiger partial charge in [0.25, 0.3) is 0 Å². The molecule has 4 aliphatic carbocycles. The summed E-state index contributed by atoms with van der Waals surface area (Å²) in [5.74, 6) is 6.35. The zero-order valence-corrected chi connectivity index (χ0v) is 65.2. The Kier molecular flexibility index (Phi) is 59.5. The third kappa shape index (κ3) is 47.3. The molecule has 0 bridgehead atoms. The van der Waals surface area contributed by atoms with Gasteiger partial charge >= 0.3 is 11.9 Å². The van der Waals surface area contributed by atoms with Gasteiger partial charge in [0.1, 0.15) is 25.9 Å². The molecule has 3 fully saturated rings. The zero-order valence-electron chi connectivity index (χ0n) is 65.2. The minimum Gasteiger partial charge on any atom is -0.463 e. The molecule has 8 atom stereocenters. The van der Waals surface area contributed by atoms with Gasteiger partial charge in [0.05, 0.1) is 290 Å². The van der Waals surface area contributed by atoms with Crippen molar-refractivity contribution in [2.45, 2.75) is 124 Å². The first-order valence-electron chi connectivity index (χ1n) is 39.4. The molecule has 27 nitrogen and oxygen atoms in total. The molecule has 0 aromatic heterocycles. The van der Waals surface area contributed by atoms with Crippen LogP contribution < -0.4 is 0 Å². The molecule has 0 unspecified atom stereocenters. The van der Waals surface area contributed by atoms with Gasteiger partial charge in [-0.05, 0) is 91.3 Å². The molecule has 0 N–H and O–H groups in total. The van der Waals surface area contributed by atoms with Crippen LogP contribution in [0.15, 0.2) is 11.6 Å². The number of rotatable bonds is 77. The largest absolute Gasteiger partial charge is 0.463 e. The summed E-state index contributed by atoms with van der Waals surface area (Å²) in [5.41, 5.74) is 2.18. The molecule has 0 aromatic carbocycles. The molecule has 3 saturated carbocycles. The fraction of sp³-hybridized carbons (Fsp3) is 0.923.